The summed E-state index contributed by atoms with van der Waals surface area (Å²) in [5.74, 6) is 2.87. The summed E-state index contributed by atoms with van der Waals surface area (Å²) in [5.41, 5.74) is 0. The molecule has 0 aliphatic heterocycles. The molecule has 0 radical (unpaired) electrons. The van der Waals surface area contributed by atoms with Gasteiger partial charge in [-0.25, -0.2) is 0 Å². The Labute approximate surface area is 134 Å². The van der Waals surface area contributed by atoms with Crippen molar-refractivity contribution in [2.75, 3.05) is 0 Å². The van der Waals surface area contributed by atoms with Gasteiger partial charge in [0, 0.05) is 5.92 Å². The summed E-state index contributed by atoms with van der Waals surface area (Å²) in [6.45, 7) is 10.4. The highest BCUT2D eigenvalue weighted by Crippen LogP contribution is 2.31. The molecule has 0 saturated heterocycles. The molecule has 2 saturated carbocycles. The molecule has 0 aromatic rings. The molecule has 2 aliphatic rings. The lowest BCUT2D eigenvalue weighted by Crippen LogP contribution is -2.14. The molecule has 2 aliphatic carbocycles. The van der Waals surface area contributed by atoms with Crippen LogP contribution in [0, 0.1) is 17.8 Å². The predicted molar refractivity (Wildman–Crippen MR) is 94.6 cm³/mol. The van der Waals surface area contributed by atoms with Gasteiger partial charge >= 0.3 is 0 Å². The summed E-state index contributed by atoms with van der Waals surface area (Å²) in [4.78, 5) is 10.8. The van der Waals surface area contributed by atoms with Crippen molar-refractivity contribution in [3.63, 3.8) is 0 Å². The third kappa shape index (κ3) is 9.32. The largest absolute Gasteiger partial charge is 0.300 e. The SMILES string of the molecule is CC.CC(=O)C1CCCCC1.CCC(C)C1CCCCC1. The lowest BCUT2D eigenvalue weighted by molar-refractivity contribution is -0.121. The van der Waals surface area contributed by atoms with Gasteiger partial charge in [0.1, 0.15) is 5.78 Å². The molecule has 1 unspecified atom stereocenters. The van der Waals surface area contributed by atoms with Crippen molar-refractivity contribution in [1.82, 2.24) is 0 Å². The quantitative estimate of drug-likeness (QED) is 0.560. The molecule has 0 amide bonds. The zero-order chi connectivity index (χ0) is 16.1. The van der Waals surface area contributed by atoms with Gasteiger partial charge in [-0.15, -0.1) is 0 Å². The van der Waals surface area contributed by atoms with E-state index in [-0.39, 0.29) is 0 Å². The predicted octanol–water partition coefficient (Wildman–Crippen LogP) is 6.79. The molecule has 21 heavy (non-hydrogen) atoms. The minimum atomic E-state index is 0.398. The number of ketones is 1. The van der Waals surface area contributed by atoms with Crippen LogP contribution in [0.15, 0.2) is 0 Å². The van der Waals surface area contributed by atoms with Crippen LogP contribution in [-0.2, 0) is 4.79 Å². The molecule has 1 heteroatoms. The van der Waals surface area contributed by atoms with Crippen molar-refractivity contribution in [1.29, 1.82) is 0 Å². The van der Waals surface area contributed by atoms with Crippen molar-refractivity contribution in [3.8, 4) is 0 Å². The molecule has 0 heterocycles. The van der Waals surface area contributed by atoms with Gasteiger partial charge < -0.3 is 0 Å². The molecule has 0 bridgehead atoms. The number of Topliss-reactive ketones (excluding diaryl/α,β-unsaturated/α-hetero) is 1. The first-order chi connectivity index (χ1) is 10.1. The molecular formula is C20H40O. The molecule has 1 atom stereocenters. The van der Waals surface area contributed by atoms with Crippen LogP contribution in [0.4, 0.5) is 0 Å². The Bertz CT molecular complexity index is 234. The van der Waals surface area contributed by atoms with Crippen LogP contribution in [0.2, 0.25) is 0 Å². The highest BCUT2D eigenvalue weighted by molar-refractivity contribution is 5.78. The molecule has 1 nitrogen and oxygen atoms in total. The van der Waals surface area contributed by atoms with Crippen LogP contribution >= 0.6 is 0 Å². The highest BCUT2D eigenvalue weighted by Gasteiger charge is 2.18. The van der Waals surface area contributed by atoms with Crippen molar-refractivity contribution in [3.05, 3.63) is 0 Å². The highest BCUT2D eigenvalue weighted by atomic mass is 16.1. The zero-order valence-electron chi connectivity index (χ0n) is 15.4. The maximum Gasteiger partial charge on any atom is 0.132 e. The average molecular weight is 297 g/mol. The van der Waals surface area contributed by atoms with E-state index in [1.54, 1.807) is 6.92 Å². The van der Waals surface area contributed by atoms with Crippen molar-refractivity contribution in [2.45, 2.75) is 105 Å². The second kappa shape index (κ2) is 13.3. The van der Waals surface area contributed by atoms with Crippen LogP contribution in [0.3, 0.4) is 0 Å². The lowest BCUT2D eigenvalue weighted by atomic mass is 9.80. The minimum absolute atomic E-state index is 0.398. The smallest absolute Gasteiger partial charge is 0.132 e. The summed E-state index contributed by atoms with van der Waals surface area (Å²) in [7, 11) is 0. The molecule has 0 aromatic carbocycles. The van der Waals surface area contributed by atoms with E-state index < -0.39 is 0 Å². The average Bonchev–Trinajstić information content (AvgIpc) is 2.58. The van der Waals surface area contributed by atoms with Crippen molar-refractivity contribution < 1.29 is 4.79 Å². The summed E-state index contributed by atoms with van der Waals surface area (Å²) in [5, 5.41) is 0. The van der Waals surface area contributed by atoms with E-state index >= 15 is 0 Å². The van der Waals surface area contributed by atoms with Gasteiger partial charge in [0.2, 0.25) is 0 Å². The fraction of sp³-hybridized carbons (Fsp3) is 0.950. The first-order valence-electron chi connectivity index (χ1n) is 9.65. The third-order valence-electron chi connectivity index (χ3n) is 5.28. The van der Waals surface area contributed by atoms with Gasteiger partial charge in [0.05, 0.1) is 0 Å². The summed E-state index contributed by atoms with van der Waals surface area (Å²) < 4.78 is 0. The molecular weight excluding hydrogens is 256 g/mol. The molecule has 0 N–H and O–H groups in total. The van der Waals surface area contributed by atoms with E-state index in [1.165, 1.54) is 57.8 Å². The topological polar surface area (TPSA) is 17.1 Å². The van der Waals surface area contributed by atoms with Crippen LogP contribution in [0.1, 0.15) is 105 Å². The summed E-state index contributed by atoms with van der Waals surface area (Å²) in [6, 6.07) is 0. The van der Waals surface area contributed by atoms with Gasteiger partial charge in [-0.05, 0) is 31.6 Å². The minimum Gasteiger partial charge on any atom is -0.300 e. The zero-order valence-corrected chi connectivity index (χ0v) is 15.4. The van der Waals surface area contributed by atoms with Crippen LogP contribution < -0.4 is 0 Å². The Hall–Kier alpha value is -0.330. The van der Waals surface area contributed by atoms with Crippen LogP contribution in [-0.4, -0.2) is 5.78 Å². The third-order valence-corrected chi connectivity index (χ3v) is 5.28. The first kappa shape index (κ1) is 20.7. The monoisotopic (exact) mass is 296 g/mol. The van der Waals surface area contributed by atoms with E-state index in [0.29, 0.717) is 11.7 Å². The Kier molecular flexibility index (Phi) is 13.1. The molecule has 2 fully saturated rings. The maximum atomic E-state index is 10.8. The van der Waals surface area contributed by atoms with Gasteiger partial charge in [0.15, 0.2) is 0 Å². The Morgan fingerprint density at radius 1 is 0.905 bits per heavy atom. The standard InChI is InChI=1S/C10H20.C8H14O.C2H6/c1-3-9(2)10-7-5-4-6-8-10;1-7(9)8-5-3-2-4-6-8;1-2/h9-10H,3-8H2,1-2H3;8H,2-6H2,1H3;1-2H3. The lowest BCUT2D eigenvalue weighted by Gasteiger charge is -2.26. The maximum absolute atomic E-state index is 10.8. The Balaban J connectivity index is 0.000000342. The van der Waals surface area contributed by atoms with Gasteiger partial charge in [-0.1, -0.05) is 85.5 Å². The molecule has 2 rings (SSSR count). The van der Waals surface area contributed by atoms with E-state index in [9.17, 15) is 4.79 Å². The van der Waals surface area contributed by atoms with Gasteiger partial charge in [0.25, 0.3) is 0 Å². The second-order valence-corrected chi connectivity index (χ2v) is 6.73. The van der Waals surface area contributed by atoms with Crippen molar-refractivity contribution in [2.24, 2.45) is 17.8 Å². The van der Waals surface area contributed by atoms with E-state index in [0.717, 1.165) is 24.7 Å². The molecule has 0 aromatic heterocycles. The van der Waals surface area contributed by atoms with E-state index in [4.69, 9.17) is 0 Å². The summed E-state index contributed by atoms with van der Waals surface area (Å²) in [6.07, 6.45) is 15.1. The fourth-order valence-electron chi connectivity index (χ4n) is 3.55. The summed E-state index contributed by atoms with van der Waals surface area (Å²) >= 11 is 0. The second-order valence-electron chi connectivity index (χ2n) is 6.73. The van der Waals surface area contributed by atoms with Gasteiger partial charge in [-0.3, -0.25) is 4.79 Å². The fourth-order valence-corrected chi connectivity index (χ4v) is 3.55. The molecule has 126 valence electrons. The van der Waals surface area contributed by atoms with Crippen LogP contribution in [0.5, 0.6) is 0 Å². The number of hydrogen-bond donors (Lipinski definition) is 0. The van der Waals surface area contributed by atoms with E-state index in [1.807, 2.05) is 13.8 Å². The Morgan fingerprint density at radius 3 is 1.67 bits per heavy atom. The number of rotatable bonds is 3. The molecule has 0 spiro atoms. The number of carbonyl (C=O) groups excluding carboxylic acids is 1. The normalized spacial score (nSPS) is 21.4. The van der Waals surface area contributed by atoms with Crippen LogP contribution in [0.25, 0.3) is 0 Å². The van der Waals surface area contributed by atoms with Crippen molar-refractivity contribution >= 4 is 5.78 Å². The number of hydrogen-bond acceptors (Lipinski definition) is 1. The number of carbonyl (C=O) groups is 1. The van der Waals surface area contributed by atoms with Gasteiger partial charge in [-0.2, -0.15) is 0 Å². The first-order valence-corrected chi connectivity index (χ1v) is 9.65. The van der Waals surface area contributed by atoms with E-state index in [2.05, 4.69) is 13.8 Å². The Morgan fingerprint density at radius 2 is 1.33 bits per heavy atom.